The Bertz CT molecular complexity index is 574. The van der Waals surface area contributed by atoms with Crippen molar-refractivity contribution >= 4 is 5.96 Å². The Morgan fingerprint density at radius 2 is 1.89 bits per heavy atom. The maximum Gasteiger partial charge on any atom is 0.191 e. The van der Waals surface area contributed by atoms with Gasteiger partial charge in [0.05, 0.1) is 25.4 Å². The van der Waals surface area contributed by atoms with Crippen molar-refractivity contribution in [2.45, 2.75) is 60.3 Å². The van der Waals surface area contributed by atoms with Crippen molar-refractivity contribution < 1.29 is 14.6 Å². The molecule has 0 aliphatic rings. The van der Waals surface area contributed by atoms with Crippen LogP contribution < -0.4 is 15.4 Å². The van der Waals surface area contributed by atoms with Gasteiger partial charge in [-0.15, -0.1) is 0 Å². The van der Waals surface area contributed by atoms with Crippen LogP contribution in [0.5, 0.6) is 5.75 Å². The topological polar surface area (TPSA) is 75.1 Å². The van der Waals surface area contributed by atoms with Gasteiger partial charge >= 0.3 is 0 Å². The highest BCUT2D eigenvalue weighted by molar-refractivity contribution is 5.79. The van der Waals surface area contributed by atoms with E-state index in [2.05, 4.69) is 48.5 Å². The van der Waals surface area contributed by atoms with Gasteiger partial charge in [-0.3, -0.25) is 0 Å². The van der Waals surface area contributed by atoms with Crippen LogP contribution in [0.3, 0.4) is 0 Å². The largest absolute Gasteiger partial charge is 0.491 e. The van der Waals surface area contributed by atoms with E-state index >= 15 is 0 Å². The number of rotatable bonds is 11. The Morgan fingerprint density at radius 3 is 2.52 bits per heavy atom. The highest BCUT2D eigenvalue weighted by atomic mass is 16.5. The standard InChI is InChI=1S/C21H37N3O3/c1-7-22-21(24-12-19(25)14-26-13-15(2)3)23-11-18-9-8-17(6)10-20(18)27-16(4)5/h8-10,15-16,19,25H,7,11-14H2,1-6H3,(H2,22,23,24). The summed E-state index contributed by atoms with van der Waals surface area (Å²) in [6.45, 7) is 14.9. The number of aliphatic imine (C=N–C) groups is 1. The van der Waals surface area contributed by atoms with Crippen molar-refractivity contribution in [1.82, 2.24) is 10.6 Å². The van der Waals surface area contributed by atoms with Crippen molar-refractivity contribution in [3.63, 3.8) is 0 Å². The van der Waals surface area contributed by atoms with Crippen molar-refractivity contribution in [3.8, 4) is 5.75 Å². The monoisotopic (exact) mass is 379 g/mol. The van der Waals surface area contributed by atoms with Gasteiger partial charge in [-0.1, -0.05) is 26.0 Å². The molecule has 0 amide bonds. The number of benzene rings is 1. The van der Waals surface area contributed by atoms with E-state index in [9.17, 15) is 5.11 Å². The molecule has 154 valence electrons. The average Bonchev–Trinajstić information content (AvgIpc) is 2.57. The molecule has 0 heterocycles. The van der Waals surface area contributed by atoms with Gasteiger partial charge in [0.2, 0.25) is 0 Å². The molecule has 0 bridgehead atoms. The number of ether oxygens (including phenoxy) is 2. The number of aliphatic hydroxyl groups is 1. The molecule has 0 saturated heterocycles. The molecular weight excluding hydrogens is 342 g/mol. The van der Waals surface area contributed by atoms with Gasteiger partial charge in [-0.2, -0.15) is 0 Å². The molecule has 6 nitrogen and oxygen atoms in total. The second-order valence-corrected chi connectivity index (χ2v) is 7.44. The Balaban J connectivity index is 2.65. The molecule has 0 aliphatic carbocycles. The summed E-state index contributed by atoms with van der Waals surface area (Å²) in [6.07, 6.45) is -0.464. The smallest absolute Gasteiger partial charge is 0.191 e. The van der Waals surface area contributed by atoms with E-state index in [-0.39, 0.29) is 6.10 Å². The summed E-state index contributed by atoms with van der Waals surface area (Å²) in [5.74, 6) is 1.99. The average molecular weight is 380 g/mol. The minimum absolute atomic E-state index is 0.113. The maximum atomic E-state index is 10.0. The molecule has 0 saturated carbocycles. The minimum atomic E-state index is -0.577. The second kappa shape index (κ2) is 12.6. The van der Waals surface area contributed by atoms with Gasteiger partial charge in [0.1, 0.15) is 5.75 Å². The zero-order valence-corrected chi connectivity index (χ0v) is 17.7. The Labute approximate surface area is 164 Å². The first-order valence-corrected chi connectivity index (χ1v) is 9.86. The molecule has 1 rings (SSSR count). The SMILES string of the molecule is CCNC(=NCc1ccc(C)cc1OC(C)C)NCC(O)COCC(C)C. The van der Waals surface area contributed by atoms with Gasteiger partial charge < -0.3 is 25.2 Å². The summed E-state index contributed by atoms with van der Waals surface area (Å²) >= 11 is 0. The third-order valence-electron chi connectivity index (χ3n) is 3.60. The summed E-state index contributed by atoms with van der Waals surface area (Å²) in [6, 6.07) is 6.16. The van der Waals surface area contributed by atoms with Crippen LogP contribution in [-0.2, 0) is 11.3 Å². The lowest BCUT2D eigenvalue weighted by Crippen LogP contribution is -2.42. The first-order valence-electron chi connectivity index (χ1n) is 9.86. The molecule has 0 radical (unpaired) electrons. The Morgan fingerprint density at radius 1 is 1.15 bits per heavy atom. The summed E-state index contributed by atoms with van der Waals surface area (Å²) in [5.41, 5.74) is 2.19. The van der Waals surface area contributed by atoms with E-state index in [0.29, 0.717) is 38.2 Å². The summed E-state index contributed by atoms with van der Waals surface area (Å²) in [5, 5.41) is 16.4. The zero-order chi connectivity index (χ0) is 20.2. The fraction of sp³-hybridized carbons (Fsp3) is 0.667. The van der Waals surface area contributed by atoms with Crippen LogP contribution in [-0.4, -0.2) is 49.6 Å². The van der Waals surface area contributed by atoms with Crippen molar-refractivity contribution in [2.24, 2.45) is 10.9 Å². The highest BCUT2D eigenvalue weighted by Gasteiger charge is 2.09. The predicted molar refractivity (Wildman–Crippen MR) is 111 cm³/mol. The second-order valence-electron chi connectivity index (χ2n) is 7.44. The fourth-order valence-corrected chi connectivity index (χ4v) is 2.38. The molecule has 0 aromatic heterocycles. The lowest BCUT2D eigenvalue weighted by Gasteiger charge is -2.17. The predicted octanol–water partition coefficient (Wildman–Crippen LogP) is 2.87. The number of hydrogen-bond donors (Lipinski definition) is 3. The third kappa shape index (κ3) is 10.2. The number of aliphatic hydroxyl groups excluding tert-OH is 1. The van der Waals surface area contributed by atoms with E-state index < -0.39 is 6.10 Å². The van der Waals surface area contributed by atoms with Gasteiger partial charge in [-0.25, -0.2) is 4.99 Å². The third-order valence-corrected chi connectivity index (χ3v) is 3.60. The number of hydrogen-bond acceptors (Lipinski definition) is 4. The maximum absolute atomic E-state index is 10.0. The van der Waals surface area contributed by atoms with Crippen LogP contribution in [0.25, 0.3) is 0 Å². The number of nitrogens with one attached hydrogen (secondary N) is 2. The van der Waals surface area contributed by atoms with Gasteiger partial charge in [0.15, 0.2) is 5.96 Å². The van der Waals surface area contributed by atoms with E-state index in [1.807, 2.05) is 26.8 Å². The van der Waals surface area contributed by atoms with Crippen molar-refractivity contribution in [3.05, 3.63) is 29.3 Å². The van der Waals surface area contributed by atoms with Crippen LogP contribution in [0.1, 0.15) is 45.7 Å². The molecule has 1 aromatic rings. The van der Waals surface area contributed by atoms with E-state index in [1.165, 1.54) is 0 Å². The zero-order valence-electron chi connectivity index (χ0n) is 17.7. The number of guanidine groups is 1. The van der Waals surface area contributed by atoms with Gasteiger partial charge in [0, 0.05) is 25.3 Å². The molecule has 0 spiro atoms. The van der Waals surface area contributed by atoms with Crippen molar-refractivity contribution in [1.29, 1.82) is 0 Å². The van der Waals surface area contributed by atoms with Crippen LogP contribution in [0, 0.1) is 12.8 Å². The summed E-state index contributed by atoms with van der Waals surface area (Å²) < 4.78 is 11.4. The molecular formula is C21H37N3O3. The molecule has 0 fully saturated rings. The van der Waals surface area contributed by atoms with E-state index in [4.69, 9.17) is 9.47 Å². The number of aryl methyl sites for hydroxylation is 1. The quantitative estimate of drug-likeness (QED) is 0.407. The molecule has 1 atom stereocenters. The van der Waals surface area contributed by atoms with E-state index in [1.54, 1.807) is 0 Å². The summed E-state index contributed by atoms with van der Waals surface area (Å²) in [7, 11) is 0. The van der Waals surface area contributed by atoms with Crippen LogP contribution >= 0.6 is 0 Å². The van der Waals surface area contributed by atoms with Crippen LogP contribution in [0.2, 0.25) is 0 Å². The number of nitrogens with zero attached hydrogens (tertiary/aromatic N) is 1. The molecule has 27 heavy (non-hydrogen) atoms. The molecule has 1 aromatic carbocycles. The molecule has 1 unspecified atom stereocenters. The van der Waals surface area contributed by atoms with E-state index in [0.717, 1.165) is 23.4 Å². The van der Waals surface area contributed by atoms with Crippen LogP contribution in [0.4, 0.5) is 0 Å². The van der Waals surface area contributed by atoms with Crippen molar-refractivity contribution in [2.75, 3.05) is 26.3 Å². The first-order chi connectivity index (χ1) is 12.8. The Kier molecular flexibility index (Phi) is 10.8. The van der Waals surface area contributed by atoms with Crippen LogP contribution in [0.15, 0.2) is 23.2 Å². The van der Waals surface area contributed by atoms with Gasteiger partial charge in [-0.05, 0) is 45.2 Å². The van der Waals surface area contributed by atoms with Gasteiger partial charge in [0.25, 0.3) is 0 Å². The lowest BCUT2D eigenvalue weighted by atomic mass is 10.1. The molecule has 0 aliphatic heterocycles. The molecule has 3 N–H and O–H groups in total. The normalized spacial score (nSPS) is 13.1. The fourth-order valence-electron chi connectivity index (χ4n) is 2.38. The molecule has 6 heteroatoms. The Hall–Kier alpha value is -1.79. The highest BCUT2D eigenvalue weighted by Crippen LogP contribution is 2.22. The minimum Gasteiger partial charge on any atom is -0.491 e. The first kappa shape index (κ1) is 23.2. The summed E-state index contributed by atoms with van der Waals surface area (Å²) in [4.78, 5) is 4.62. The lowest BCUT2D eigenvalue weighted by molar-refractivity contribution is 0.0280.